The first-order valence-corrected chi connectivity index (χ1v) is 5.96. The van der Waals surface area contributed by atoms with E-state index in [1.807, 2.05) is 6.07 Å². The molecule has 0 saturated heterocycles. The zero-order valence-corrected chi connectivity index (χ0v) is 10.9. The number of ether oxygens (including phenoxy) is 2. The molecule has 94 valence electrons. The summed E-state index contributed by atoms with van der Waals surface area (Å²) in [5.74, 6) is 2.26. The molecule has 0 bridgehead atoms. The molecule has 17 heavy (non-hydrogen) atoms. The normalized spacial score (nSPS) is 18.7. The van der Waals surface area contributed by atoms with Crippen molar-refractivity contribution >= 4 is 24.0 Å². The molecule has 1 saturated carbocycles. The van der Waals surface area contributed by atoms with Crippen LogP contribution in [0.25, 0.3) is 0 Å². The molecule has 0 unspecified atom stereocenters. The van der Waals surface area contributed by atoms with Crippen LogP contribution in [0, 0.1) is 5.92 Å². The van der Waals surface area contributed by atoms with Gasteiger partial charge in [-0.05, 0) is 24.0 Å². The van der Waals surface area contributed by atoms with Gasteiger partial charge in [-0.3, -0.25) is 0 Å². The van der Waals surface area contributed by atoms with E-state index < -0.39 is 0 Å². The molecule has 5 heteroatoms. The summed E-state index contributed by atoms with van der Waals surface area (Å²) in [6.07, 6.45) is 3.62. The van der Waals surface area contributed by atoms with E-state index in [9.17, 15) is 0 Å². The molecular weight excluding hydrogens is 261 g/mol. The van der Waals surface area contributed by atoms with Crippen molar-refractivity contribution in [3.05, 3.63) is 22.7 Å². The largest absolute Gasteiger partial charge is 0.454 e. The van der Waals surface area contributed by atoms with Gasteiger partial charge >= 0.3 is 0 Å². The lowest BCUT2D eigenvalue weighted by molar-refractivity contribution is 0.174. The van der Waals surface area contributed by atoms with Crippen molar-refractivity contribution in [1.29, 1.82) is 0 Å². The molecule has 2 aliphatic rings. The maximum Gasteiger partial charge on any atom is 0.231 e. The molecule has 1 aromatic rings. The van der Waals surface area contributed by atoms with Gasteiger partial charge in [0.15, 0.2) is 11.5 Å². The molecular formula is C12H15Cl2NO2. The van der Waals surface area contributed by atoms with Gasteiger partial charge in [-0.15, -0.1) is 12.4 Å². The third kappa shape index (κ3) is 2.62. The van der Waals surface area contributed by atoms with Crippen LogP contribution in [0.15, 0.2) is 12.1 Å². The number of hydrogen-bond donors (Lipinski definition) is 1. The van der Waals surface area contributed by atoms with Crippen LogP contribution in [0.1, 0.15) is 30.9 Å². The first kappa shape index (κ1) is 12.8. The van der Waals surface area contributed by atoms with E-state index in [2.05, 4.69) is 0 Å². The third-order valence-electron chi connectivity index (χ3n) is 3.18. The highest BCUT2D eigenvalue weighted by Crippen LogP contribution is 2.42. The molecule has 3 nitrogen and oxygen atoms in total. The maximum absolute atomic E-state index is 6.19. The highest BCUT2D eigenvalue weighted by molar-refractivity contribution is 6.31. The molecule has 1 aliphatic heterocycles. The average Bonchev–Trinajstić information content (AvgIpc) is 2.94. The van der Waals surface area contributed by atoms with Gasteiger partial charge in [-0.2, -0.15) is 0 Å². The number of fused-ring (bicyclic) bond motifs is 1. The van der Waals surface area contributed by atoms with Crippen LogP contribution in [0.5, 0.6) is 11.5 Å². The molecule has 1 fully saturated rings. The average molecular weight is 276 g/mol. The van der Waals surface area contributed by atoms with Gasteiger partial charge in [0.1, 0.15) is 0 Å². The van der Waals surface area contributed by atoms with E-state index in [0.717, 1.165) is 23.7 Å². The Morgan fingerprint density at radius 1 is 1.29 bits per heavy atom. The van der Waals surface area contributed by atoms with Crippen molar-refractivity contribution in [2.45, 2.75) is 25.3 Å². The Kier molecular flexibility index (Phi) is 3.71. The van der Waals surface area contributed by atoms with E-state index in [1.54, 1.807) is 6.07 Å². The number of hydrogen-bond acceptors (Lipinski definition) is 3. The van der Waals surface area contributed by atoms with E-state index in [4.69, 9.17) is 26.8 Å². The second kappa shape index (κ2) is 4.92. The number of benzene rings is 1. The second-order valence-corrected chi connectivity index (χ2v) is 4.92. The minimum atomic E-state index is 0. The van der Waals surface area contributed by atoms with Gasteiger partial charge in [0.25, 0.3) is 0 Å². The summed E-state index contributed by atoms with van der Waals surface area (Å²) in [7, 11) is 0. The lowest BCUT2D eigenvalue weighted by Crippen LogP contribution is -2.11. The first-order valence-electron chi connectivity index (χ1n) is 5.58. The summed E-state index contributed by atoms with van der Waals surface area (Å²) in [6.45, 7) is 0.271. The summed E-state index contributed by atoms with van der Waals surface area (Å²) in [4.78, 5) is 0. The van der Waals surface area contributed by atoms with Crippen molar-refractivity contribution in [2.24, 2.45) is 11.7 Å². The predicted molar refractivity (Wildman–Crippen MR) is 69.1 cm³/mol. The van der Waals surface area contributed by atoms with Crippen molar-refractivity contribution in [3.63, 3.8) is 0 Å². The predicted octanol–water partition coefficient (Wildman–Crippen LogP) is 3.29. The maximum atomic E-state index is 6.19. The van der Waals surface area contributed by atoms with Crippen molar-refractivity contribution in [2.75, 3.05) is 6.79 Å². The van der Waals surface area contributed by atoms with Crippen molar-refractivity contribution in [3.8, 4) is 11.5 Å². The Morgan fingerprint density at radius 3 is 2.59 bits per heavy atom. The minimum Gasteiger partial charge on any atom is -0.454 e. The summed E-state index contributed by atoms with van der Waals surface area (Å²) in [5, 5.41) is 0.678. The monoisotopic (exact) mass is 275 g/mol. The van der Waals surface area contributed by atoms with Gasteiger partial charge in [-0.25, -0.2) is 0 Å². The van der Waals surface area contributed by atoms with Crippen LogP contribution in [-0.4, -0.2) is 6.79 Å². The van der Waals surface area contributed by atoms with Crippen LogP contribution in [-0.2, 0) is 0 Å². The topological polar surface area (TPSA) is 44.5 Å². The highest BCUT2D eigenvalue weighted by Gasteiger charge is 2.26. The van der Waals surface area contributed by atoms with Crippen LogP contribution < -0.4 is 15.2 Å². The fourth-order valence-corrected chi connectivity index (χ4v) is 2.35. The number of halogens is 2. The number of nitrogens with two attached hydrogens (primary N) is 1. The van der Waals surface area contributed by atoms with Crippen LogP contribution in [0.2, 0.25) is 5.02 Å². The molecule has 1 heterocycles. The van der Waals surface area contributed by atoms with Crippen molar-refractivity contribution in [1.82, 2.24) is 0 Å². The molecule has 3 rings (SSSR count). The highest BCUT2D eigenvalue weighted by atomic mass is 35.5. The zero-order chi connectivity index (χ0) is 11.1. The Labute approximate surface area is 112 Å². The molecule has 0 spiro atoms. The molecule has 1 atom stereocenters. The standard InChI is InChI=1S/C12H14ClNO2.ClH/c13-9-5-12-11(15-6-16-12)4-8(9)10(14)3-7-1-2-7;/h4-5,7,10H,1-3,6,14H2;1H/t10-;/m1./s1. The minimum absolute atomic E-state index is 0. The first-order chi connectivity index (χ1) is 7.74. The quantitative estimate of drug-likeness (QED) is 0.921. The van der Waals surface area contributed by atoms with Crippen LogP contribution in [0.4, 0.5) is 0 Å². The van der Waals surface area contributed by atoms with Gasteiger partial charge < -0.3 is 15.2 Å². The van der Waals surface area contributed by atoms with Gasteiger partial charge in [0.2, 0.25) is 6.79 Å². The molecule has 1 aromatic carbocycles. The summed E-state index contributed by atoms with van der Waals surface area (Å²) in [5.41, 5.74) is 7.12. The third-order valence-corrected chi connectivity index (χ3v) is 3.50. The van der Waals surface area contributed by atoms with E-state index in [0.29, 0.717) is 10.8 Å². The van der Waals surface area contributed by atoms with Gasteiger partial charge in [-0.1, -0.05) is 24.4 Å². The Balaban J connectivity index is 0.00000108. The Hall–Kier alpha value is -0.640. The van der Waals surface area contributed by atoms with Crippen LogP contribution >= 0.6 is 24.0 Å². The zero-order valence-electron chi connectivity index (χ0n) is 9.32. The van der Waals surface area contributed by atoms with Gasteiger partial charge in [0, 0.05) is 17.1 Å². The van der Waals surface area contributed by atoms with E-state index in [1.165, 1.54) is 12.8 Å². The van der Waals surface area contributed by atoms with E-state index >= 15 is 0 Å². The second-order valence-electron chi connectivity index (χ2n) is 4.51. The Morgan fingerprint density at radius 2 is 1.94 bits per heavy atom. The summed E-state index contributed by atoms with van der Waals surface area (Å²) in [6, 6.07) is 3.72. The lowest BCUT2D eigenvalue weighted by atomic mass is 10.0. The summed E-state index contributed by atoms with van der Waals surface area (Å²) < 4.78 is 10.6. The lowest BCUT2D eigenvalue weighted by Gasteiger charge is -2.13. The molecule has 0 radical (unpaired) electrons. The fraction of sp³-hybridized carbons (Fsp3) is 0.500. The van der Waals surface area contributed by atoms with Crippen LogP contribution in [0.3, 0.4) is 0 Å². The molecule has 0 amide bonds. The smallest absolute Gasteiger partial charge is 0.231 e. The van der Waals surface area contributed by atoms with Gasteiger partial charge in [0.05, 0.1) is 0 Å². The van der Waals surface area contributed by atoms with Crippen molar-refractivity contribution < 1.29 is 9.47 Å². The van der Waals surface area contributed by atoms with E-state index in [-0.39, 0.29) is 25.2 Å². The fourth-order valence-electron chi connectivity index (χ4n) is 2.06. The Bertz CT molecular complexity index is 421. The molecule has 2 N–H and O–H groups in total. The number of rotatable bonds is 3. The molecule has 1 aliphatic carbocycles. The summed E-state index contributed by atoms with van der Waals surface area (Å²) >= 11 is 6.19. The SMILES string of the molecule is Cl.N[C@H](CC1CC1)c1cc2c(cc1Cl)OCO2. The molecule has 0 aromatic heterocycles.